The molecule has 1 aromatic carbocycles. The first-order valence-electron chi connectivity index (χ1n) is 5.56. The largest absolute Gasteiger partial charge is 0.398 e. The van der Waals surface area contributed by atoms with E-state index in [1.165, 1.54) is 5.56 Å². The Morgan fingerprint density at radius 1 is 1.12 bits per heavy atom. The van der Waals surface area contributed by atoms with Gasteiger partial charge in [0.2, 0.25) is 0 Å². The van der Waals surface area contributed by atoms with Crippen LogP contribution in [0.1, 0.15) is 18.4 Å². The van der Waals surface area contributed by atoms with Crippen LogP contribution in [-0.2, 0) is 6.54 Å². The first-order chi connectivity index (χ1) is 7.86. The van der Waals surface area contributed by atoms with Crippen LogP contribution in [0, 0.1) is 0 Å². The van der Waals surface area contributed by atoms with Crippen molar-refractivity contribution in [1.82, 2.24) is 0 Å². The quantitative estimate of drug-likeness (QED) is 0.769. The molecule has 0 atom stereocenters. The van der Waals surface area contributed by atoms with Gasteiger partial charge in [0.15, 0.2) is 0 Å². The van der Waals surface area contributed by atoms with Gasteiger partial charge in [-0.25, -0.2) is 0 Å². The summed E-state index contributed by atoms with van der Waals surface area (Å²) in [6, 6.07) is 10.2. The van der Waals surface area contributed by atoms with Crippen molar-refractivity contribution in [1.29, 1.82) is 0 Å². The maximum absolute atomic E-state index is 5.86. The highest BCUT2D eigenvalue weighted by Crippen LogP contribution is 2.12. The third-order valence-corrected chi connectivity index (χ3v) is 2.58. The second-order valence-corrected chi connectivity index (χ2v) is 3.85. The van der Waals surface area contributed by atoms with Gasteiger partial charge in [0.25, 0.3) is 0 Å². The van der Waals surface area contributed by atoms with Crippen LogP contribution in [0.15, 0.2) is 58.7 Å². The van der Waals surface area contributed by atoms with E-state index in [0.29, 0.717) is 6.54 Å². The van der Waals surface area contributed by atoms with Crippen molar-refractivity contribution < 1.29 is 0 Å². The number of allylic oxidation sites excluding steroid dienone is 3. The van der Waals surface area contributed by atoms with Crippen LogP contribution in [0.4, 0.5) is 0 Å². The van der Waals surface area contributed by atoms with Gasteiger partial charge in [-0.05, 0) is 18.4 Å². The average molecular weight is 212 g/mol. The lowest BCUT2D eigenvalue weighted by Gasteiger charge is -2.07. The molecule has 2 heteroatoms. The summed E-state index contributed by atoms with van der Waals surface area (Å²) in [7, 11) is 0. The lowest BCUT2D eigenvalue weighted by Crippen LogP contribution is -2.05. The molecule has 0 saturated heterocycles. The summed E-state index contributed by atoms with van der Waals surface area (Å²) in [5, 5.41) is 0. The molecule has 2 rings (SSSR count). The lowest BCUT2D eigenvalue weighted by molar-refractivity contribution is 0.997. The summed E-state index contributed by atoms with van der Waals surface area (Å²) < 4.78 is 0. The smallest absolute Gasteiger partial charge is 0.0639 e. The zero-order valence-electron chi connectivity index (χ0n) is 9.26. The van der Waals surface area contributed by atoms with Gasteiger partial charge in [-0.3, -0.25) is 4.99 Å². The first-order valence-corrected chi connectivity index (χ1v) is 5.56. The Hall–Kier alpha value is -1.83. The molecular weight excluding hydrogens is 196 g/mol. The Bertz CT molecular complexity index is 427. The van der Waals surface area contributed by atoms with E-state index in [2.05, 4.69) is 29.3 Å². The molecule has 0 unspecified atom stereocenters. The van der Waals surface area contributed by atoms with Gasteiger partial charge in [0, 0.05) is 17.5 Å². The third-order valence-electron chi connectivity index (χ3n) is 2.58. The van der Waals surface area contributed by atoms with Gasteiger partial charge in [-0.15, -0.1) is 0 Å². The Labute approximate surface area is 96.2 Å². The highest BCUT2D eigenvalue weighted by Gasteiger charge is 2.01. The Kier molecular flexibility index (Phi) is 3.54. The third kappa shape index (κ3) is 2.83. The standard InChI is InChI=1S/C14H16N2/c15-14-9-5-4-8-13(14)11-16-10-12-6-2-1-3-7-12/h1-3,6-9,11H,4-5,10,15H2. The number of aliphatic imine (C=N–C) groups is 1. The van der Waals surface area contributed by atoms with E-state index in [4.69, 9.17) is 5.73 Å². The van der Waals surface area contributed by atoms with E-state index in [1.54, 1.807) is 0 Å². The lowest BCUT2D eigenvalue weighted by atomic mass is 10.1. The Balaban J connectivity index is 1.95. The van der Waals surface area contributed by atoms with Crippen molar-refractivity contribution in [3.05, 3.63) is 59.3 Å². The summed E-state index contributed by atoms with van der Waals surface area (Å²) in [6.45, 7) is 0.714. The molecule has 2 N–H and O–H groups in total. The second-order valence-electron chi connectivity index (χ2n) is 3.85. The fraction of sp³-hybridized carbons (Fsp3) is 0.214. The van der Waals surface area contributed by atoms with Gasteiger partial charge in [0.05, 0.1) is 6.54 Å². The van der Waals surface area contributed by atoms with Crippen molar-refractivity contribution in [3.8, 4) is 0 Å². The van der Waals surface area contributed by atoms with Gasteiger partial charge < -0.3 is 5.73 Å². The zero-order chi connectivity index (χ0) is 11.2. The number of benzene rings is 1. The fourth-order valence-electron chi connectivity index (χ4n) is 1.67. The van der Waals surface area contributed by atoms with Crippen LogP contribution in [0.2, 0.25) is 0 Å². The summed E-state index contributed by atoms with van der Waals surface area (Å²) in [4.78, 5) is 4.40. The molecule has 0 amide bonds. The molecule has 0 saturated carbocycles. The molecule has 1 aromatic rings. The van der Waals surface area contributed by atoms with Crippen LogP contribution >= 0.6 is 0 Å². The average Bonchev–Trinajstić information content (AvgIpc) is 2.33. The molecule has 1 aliphatic carbocycles. The maximum Gasteiger partial charge on any atom is 0.0639 e. The molecule has 16 heavy (non-hydrogen) atoms. The molecule has 0 spiro atoms. The summed E-state index contributed by atoms with van der Waals surface area (Å²) in [5.41, 5.74) is 8.99. The molecule has 0 aliphatic heterocycles. The van der Waals surface area contributed by atoms with Crippen LogP contribution in [0.5, 0.6) is 0 Å². The van der Waals surface area contributed by atoms with Crippen LogP contribution < -0.4 is 5.73 Å². The fourth-order valence-corrected chi connectivity index (χ4v) is 1.67. The normalized spacial score (nSPS) is 16.0. The molecule has 1 aliphatic rings. The van der Waals surface area contributed by atoms with Crippen molar-refractivity contribution in [3.63, 3.8) is 0 Å². The molecule has 0 heterocycles. The van der Waals surface area contributed by atoms with Gasteiger partial charge in [-0.2, -0.15) is 0 Å². The van der Waals surface area contributed by atoms with E-state index in [-0.39, 0.29) is 0 Å². The minimum Gasteiger partial charge on any atom is -0.398 e. The van der Waals surface area contributed by atoms with E-state index in [0.717, 1.165) is 24.1 Å². The monoisotopic (exact) mass is 212 g/mol. The van der Waals surface area contributed by atoms with Crippen molar-refractivity contribution in [2.45, 2.75) is 19.4 Å². The second kappa shape index (κ2) is 5.31. The SMILES string of the molecule is NC1=CCCC=C1C=NCc1ccccc1. The maximum atomic E-state index is 5.86. The van der Waals surface area contributed by atoms with E-state index < -0.39 is 0 Å². The molecule has 0 bridgehead atoms. The minimum absolute atomic E-state index is 0.714. The Morgan fingerprint density at radius 2 is 1.88 bits per heavy atom. The topological polar surface area (TPSA) is 38.4 Å². The van der Waals surface area contributed by atoms with Crippen molar-refractivity contribution in [2.75, 3.05) is 0 Å². The van der Waals surface area contributed by atoms with Crippen LogP contribution in [-0.4, -0.2) is 6.21 Å². The van der Waals surface area contributed by atoms with E-state index in [1.807, 2.05) is 24.4 Å². The molecule has 0 radical (unpaired) electrons. The predicted molar refractivity (Wildman–Crippen MR) is 68.2 cm³/mol. The van der Waals surface area contributed by atoms with Gasteiger partial charge in [0.1, 0.15) is 0 Å². The summed E-state index contributed by atoms with van der Waals surface area (Å²) in [5.74, 6) is 0. The first kappa shape index (κ1) is 10.7. The van der Waals surface area contributed by atoms with Crippen LogP contribution in [0.25, 0.3) is 0 Å². The number of nitrogens with two attached hydrogens (primary N) is 1. The predicted octanol–water partition coefficient (Wildman–Crippen LogP) is 2.82. The number of nitrogens with zero attached hydrogens (tertiary/aromatic N) is 1. The molecule has 0 aromatic heterocycles. The van der Waals surface area contributed by atoms with Crippen LogP contribution in [0.3, 0.4) is 0 Å². The highest BCUT2D eigenvalue weighted by molar-refractivity contribution is 5.84. The number of hydrogen-bond acceptors (Lipinski definition) is 2. The van der Waals surface area contributed by atoms with Gasteiger partial charge in [-0.1, -0.05) is 42.5 Å². The molecule has 2 nitrogen and oxygen atoms in total. The molecule has 82 valence electrons. The molecule has 0 fully saturated rings. The Morgan fingerprint density at radius 3 is 2.62 bits per heavy atom. The van der Waals surface area contributed by atoms with Crippen molar-refractivity contribution in [2.24, 2.45) is 10.7 Å². The summed E-state index contributed by atoms with van der Waals surface area (Å²) >= 11 is 0. The summed E-state index contributed by atoms with van der Waals surface area (Å²) in [6.07, 6.45) is 8.18. The zero-order valence-corrected chi connectivity index (χ0v) is 9.26. The van der Waals surface area contributed by atoms with Crippen molar-refractivity contribution >= 4 is 6.21 Å². The van der Waals surface area contributed by atoms with E-state index in [9.17, 15) is 0 Å². The van der Waals surface area contributed by atoms with E-state index >= 15 is 0 Å². The number of hydrogen-bond donors (Lipinski definition) is 1. The number of rotatable bonds is 3. The molecular formula is C14H16N2. The van der Waals surface area contributed by atoms with Gasteiger partial charge >= 0.3 is 0 Å². The minimum atomic E-state index is 0.714. The highest BCUT2D eigenvalue weighted by atomic mass is 14.7.